The standard InChI is InChI=1S/C17H18N2O2/c1-3-20-17-14(8-6-10-18-17)19-12(2)16-11-13-7-4-5-9-15(13)21-16/h4-12,19H,3H2,1-2H3. The molecule has 0 saturated carbocycles. The first-order valence-corrected chi connectivity index (χ1v) is 7.10. The van der Waals surface area contributed by atoms with Gasteiger partial charge in [-0.05, 0) is 38.1 Å². The third-order valence-corrected chi connectivity index (χ3v) is 3.30. The number of rotatable bonds is 5. The molecule has 0 amide bonds. The Kier molecular flexibility index (Phi) is 3.77. The zero-order valence-electron chi connectivity index (χ0n) is 12.2. The van der Waals surface area contributed by atoms with Crippen molar-refractivity contribution in [3.63, 3.8) is 0 Å². The molecule has 0 saturated heterocycles. The largest absolute Gasteiger partial charge is 0.476 e. The van der Waals surface area contributed by atoms with Gasteiger partial charge in [-0.2, -0.15) is 0 Å². The molecule has 4 heteroatoms. The highest BCUT2D eigenvalue weighted by Gasteiger charge is 2.13. The second-order valence-electron chi connectivity index (χ2n) is 4.84. The fourth-order valence-corrected chi connectivity index (χ4v) is 2.27. The molecule has 1 atom stereocenters. The van der Waals surface area contributed by atoms with Gasteiger partial charge in [0.15, 0.2) is 0 Å². The van der Waals surface area contributed by atoms with E-state index in [0.29, 0.717) is 12.5 Å². The number of para-hydroxylation sites is 1. The first-order valence-electron chi connectivity index (χ1n) is 7.10. The molecule has 3 aromatic rings. The van der Waals surface area contributed by atoms with Gasteiger partial charge in [-0.1, -0.05) is 18.2 Å². The van der Waals surface area contributed by atoms with Crippen molar-refractivity contribution in [3.8, 4) is 5.88 Å². The van der Waals surface area contributed by atoms with Gasteiger partial charge in [0.1, 0.15) is 11.3 Å². The lowest BCUT2D eigenvalue weighted by Gasteiger charge is -2.15. The molecule has 1 unspecified atom stereocenters. The number of anilines is 1. The molecular weight excluding hydrogens is 264 g/mol. The topological polar surface area (TPSA) is 47.3 Å². The Morgan fingerprint density at radius 2 is 2.10 bits per heavy atom. The van der Waals surface area contributed by atoms with E-state index >= 15 is 0 Å². The van der Waals surface area contributed by atoms with Crippen LogP contribution < -0.4 is 10.1 Å². The van der Waals surface area contributed by atoms with E-state index in [-0.39, 0.29) is 6.04 Å². The molecule has 108 valence electrons. The molecule has 2 aromatic heterocycles. The molecule has 0 radical (unpaired) electrons. The molecule has 4 nitrogen and oxygen atoms in total. The monoisotopic (exact) mass is 282 g/mol. The zero-order valence-corrected chi connectivity index (χ0v) is 12.2. The van der Waals surface area contributed by atoms with E-state index in [1.165, 1.54) is 0 Å². The van der Waals surface area contributed by atoms with Crippen LogP contribution in [0.5, 0.6) is 5.88 Å². The Morgan fingerprint density at radius 3 is 2.90 bits per heavy atom. The molecule has 0 aliphatic rings. The van der Waals surface area contributed by atoms with Gasteiger partial charge in [0.05, 0.1) is 18.3 Å². The maximum Gasteiger partial charge on any atom is 0.237 e. The minimum atomic E-state index is 0.0285. The molecule has 0 aliphatic heterocycles. The Labute approximate surface area is 123 Å². The number of aromatic nitrogens is 1. The van der Waals surface area contributed by atoms with Crippen LogP contribution in [0, 0.1) is 0 Å². The minimum Gasteiger partial charge on any atom is -0.476 e. The van der Waals surface area contributed by atoms with Crippen molar-refractivity contribution >= 4 is 16.7 Å². The van der Waals surface area contributed by atoms with Crippen molar-refractivity contribution in [2.24, 2.45) is 0 Å². The molecular formula is C17H18N2O2. The van der Waals surface area contributed by atoms with Crippen molar-refractivity contribution < 1.29 is 9.15 Å². The van der Waals surface area contributed by atoms with Gasteiger partial charge in [0.2, 0.25) is 5.88 Å². The van der Waals surface area contributed by atoms with Crippen LogP contribution >= 0.6 is 0 Å². The number of furan rings is 1. The molecule has 0 spiro atoms. The van der Waals surface area contributed by atoms with E-state index in [1.54, 1.807) is 6.20 Å². The maximum atomic E-state index is 5.88. The molecule has 2 heterocycles. The van der Waals surface area contributed by atoms with E-state index in [1.807, 2.05) is 43.3 Å². The van der Waals surface area contributed by atoms with E-state index in [4.69, 9.17) is 9.15 Å². The number of hydrogen-bond donors (Lipinski definition) is 1. The number of pyridine rings is 1. The Morgan fingerprint density at radius 1 is 1.24 bits per heavy atom. The summed E-state index contributed by atoms with van der Waals surface area (Å²) in [5.74, 6) is 1.51. The van der Waals surface area contributed by atoms with Crippen molar-refractivity contribution in [1.29, 1.82) is 0 Å². The summed E-state index contributed by atoms with van der Waals surface area (Å²) < 4.78 is 11.4. The summed E-state index contributed by atoms with van der Waals surface area (Å²) in [5, 5.41) is 4.50. The predicted octanol–water partition coefficient (Wildman–Crippen LogP) is 4.40. The lowest BCUT2D eigenvalue weighted by molar-refractivity contribution is 0.328. The van der Waals surface area contributed by atoms with E-state index in [0.717, 1.165) is 22.4 Å². The summed E-state index contributed by atoms with van der Waals surface area (Å²) in [7, 11) is 0. The lowest BCUT2D eigenvalue weighted by atomic mass is 10.2. The summed E-state index contributed by atoms with van der Waals surface area (Å²) in [4.78, 5) is 4.24. The fraction of sp³-hybridized carbons (Fsp3) is 0.235. The minimum absolute atomic E-state index is 0.0285. The quantitative estimate of drug-likeness (QED) is 0.753. The van der Waals surface area contributed by atoms with Crippen LogP contribution in [0.2, 0.25) is 0 Å². The van der Waals surface area contributed by atoms with E-state index in [9.17, 15) is 0 Å². The average Bonchev–Trinajstić information content (AvgIpc) is 2.93. The Hall–Kier alpha value is -2.49. The highest BCUT2D eigenvalue weighted by atomic mass is 16.5. The number of hydrogen-bond acceptors (Lipinski definition) is 4. The average molecular weight is 282 g/mol. The number of fused-ring (bicyclic) bond motifs is 1. The number of nitrogens with zero attached hydrogens (tertiary/aromatic N) is 1. The maximum absolute atomic E-state index is 5.88. The van der Waals surface area contributed by atoms with Crippen LogP contribution in [0.3, 0.4) is 0 Å². The second-order valence-corrected chi connectivity index (χ2v) is 4.84. The van der Waals surface area contributed by atoms with Gasteiger partial charge in [-0.15, -0.1) is 0 Å². The SMILES string of the molecule is CCOc1ncccc1NC(C)c1cc2ccccc2o1. The smallest absolute Gasteiger partial charge is 0.237 e. The third kappa shape index (κ3) is 2.84. The lowest BCUT2D eigenvalue weighted by Crippen LogP contribution is -2.08. The molecule has 0 aliphatic carbocycles. The molecule has 1 N–H and O–H groups in total. The van der Waals surface area contributed by atoms with Gasteiger partial charge in [-0.3, -0.25) is 0 Å². The summed E-state index contributed by atoms with van der Waals surface area (Å²) >= 11 is 0. The first-order chi connectivity index (χ1) is 10.3. The first kappa shape index (κ1) is 13.5. The highest BCUT2D eigenvalue weighted by Crippen LogP contribution is 2.29. The van der Waals surface area contributed by atoms with Crippen LogP contribution in [-0.4, -0.2) is 11.6 Å². The van der Waals surface area contributed by atoms with Gasteiger partial charge in [0, 0.05) is 11.6 Å². The van der Waals surface area contributed by atoms with Gasteiger partial charge >= 0.3 is 0 Å². The van der Waals surface area contributed by atoms with Crippen molar-refractivity contribution in [1.82, 2.24) is 4.98 Å². The molecule has 0 fully saturated rings. The molecule has 0 bridgehead atoms. The summed E-state index contributed by atoms with van der Waals surface area (Å²) in [6.07, 6.45) is 1.72. The van der Waals surface area contributed by atoms with Crippen molar-refractivity contribution in [2.45, 2.75) is 19.9 Å². The highest BCUT2D eigenvalue weighted by molar-refractivity contribution is 5.78. The molecule has 3 rings (SSSR count). The normalized spacial score (nSPS) is 12.3. The van der Waals surface area contributed by atoms with Gasteiger partial charge in [0.25, 0.3) is 0 Å². The third-order valence-electron chi connectivity index (χ3n) is 3.30. The number of nitrogens with one attached hydrogen (secondary N) is 1. The number of ether oxygens (including phenoxy) is 1. The molecule has 1 aromatic carbocycles. The second kappa shape index (κ2) is 5.87. The van der Waals surface area contributed by atoms with Gasteiger partial charge < -0.3 is 14.5 Å². The van der Waals surface area contributed by atoms with Crippen LogP contribution in [0.15, 0.2) is 53.1 Å². The van der Waals surface area contributed by atoms with Crippen LogP contribution in [0.25, 0.3) is 11.0 Å². The fourth-order valence-electron chi connectivity index (χ4n) is 2.27. The van der Waals surface area contributed by atoms with Crippen LogP contribution in [0.4, 0.5) is 5.69 Å². The summed E-state index contributed by atoms with van der Waals surface area (Å²) in [5.41, 5.74) is 1.77. The van der Waals surface area contributed by atoms with Crippen LogP contribution in [-0.2, 0) is 0 Å². The van der Waals surface area contributed by atoms with Gasteiger partial charge in [-0.25, -0.2) is 4.98 Å². The predicted molar refractivity (Wildman–Crippen MR) is 83.7 cm³/mol. The summed E-state index contributed by atoms with van der Waals surface area (Å²) in [6.45, 7) is 4.59. The zero-order chi connectivity index (χ0) is 14.7. The molecule has 21 heavy (non-hydrogen) atoms. The number of benzene rings is 1. The van der Waals surface area contributed by atoms with E-state index < -0.39 is 0 Å². The van der Waals surface area contributed by atoms with E-state index in [2.05, 4.69) is 23.3 Å². The summed E-state index contributed by atoms with van der Waals surface area (Å²) in [6, 6.07) is 13.9. The van der Waals surface area contributed by atoms with Crippen LogP contribution in [0.1, 0.15) is 25.6 Å². The Bertz CT molecular complexity index is 703. The van der Waals surface area contributed by atoms with Crippen molar-refractivity contribution in [3.05, 3.63) is 54.4 Å². The Balaban J connectivity index is 1.84. The van der Waals surface area contributed by atoms with Crippen molar-refractivity contribution in [2.75, 3.05) is 11.9 Å².